The Morgan fingerprint density at radius 1 is 1.09 bits per heavy atom. The number of hydrogen-bond acceptors (Lipinski definition) is 4. The molecule has 2 aliphatic rings. The Morgan fingerprint density at radius 2 is 1.74 bits per heavy atom. The summed E-state index contributed by atoms with van der Waals surface area (Å²) in [6.45, 7) is 10.2. The smallest absolute Gasteiger partial charge is 0.272 e. The van der Waals surface area contributed by atoms with Gasteiger partial charge in [0.25, 0.3) is 5.91 Å². The minimum Gasteiger partial charge on any atom is -0.356 e. The van der Waals surface area contributed by atoms with Crippen LogP contribution in [0.2, 0.25) is 0 Å². The van der Waals surface area contributed by atoms with E-state index in [1.165, 1.54) is 12.8 Å². The number of aromatic nitrogens is 2. The lowest BCUT2D eigenvalue weighted by atomic mass is 9.92. The van der Waals surface area contributed by atoms with E-state index in [9.17, 15) is 4.79 Å². The highest BCUT2D eigenvalue weighted by atomic mass is 16.2. The summed E-state index contributed by atoms with van der Waals surface area (Å²) in [5.74, 6) is 2.99. The molecular weight excluding hydrogens is 288 g/mol. The molecule has 0 aromatic carbocycles. The molecule has 0 unspecified atom stereocenters. The Hall–Kier alpha value is -1.65. The fourth-order valence-corrected chi connectivity index (χ4v) is 3.93. The molecule has 1 aromatic rings. The zero-order valence-corrected chi connectivity index (χ0v) is 14.6. The number of carbonyl (C=O) groups excluding carboxylic acids is 1. The molecule has 2 atom stereocenters. The summed E-state index contributed by atoms with van der Waals surface area (Å²) in [5, 5.41) is 0. The van der Waals surface area contributed by atoms with Crippen molar-refractivity contribution in [3.05, 3.63) is 17.6 Å². The Bertz CT molecular complexity index is 558. The molecule has 0 spiro atoms. The molecule has 5 nitrogen and oxygen atoms in total. The van der Waals surface area contributed by atoms with Crippen molar-refractivity contribution in [3.8, 4) is 0 Å². The average Bonchev–Trinajstić information content (AvgIpc) is 2.53. The zero-order chi connectivity index (χ0) is 16.4. The highest BCUT2D eigenvalue weighted by molar-refractivity contribution is 5.93. The van der Waals surface area contributed by atoms with Gasteiger partial charge in [-0.2, -0.15) is 0 Å². The highest BCUT2D eigenvalue weighted by Crippen LogP contribution is 2.26. The van der Waals surface area contributed by atoms with Crippen molar-refractivity contribution < 1.29 is 4.79 Å². The van der Waals surface area contributed by atoms with Crippen molar-refractivity contribution in [1.82, 2.24) is 14.9 Å². The van der Waals surface area contributed by atoms with Gasteiger partial charge in [-0.1, -0.05) is 13.8 Å². The van der Waals surface area contributed by atoms with Gasteiger partial charge in [-0.25, -0.2) is 9.97 Å². The molecule has 1 aromatic heterocycles. The summed E-state index contributed by atoms with van der Waals surface area (Å²) in [5.41, 5.74) is 0.556. The first kappa shape index (κ1) is 16.2. The van der Waals surface area contributed by atoms with Gasteiger partial charge < -0.3 is 9.80 Å². The van der Waals surface area contributed by atoms with E-state index in [-0.39, 0.29) is 5.91 Å². The predicted molar refractivity (Wildman–Crippen MR) is 91.7 cm³/mol. The number of likely N-dealkylation sites (tertiary alicyclic amines) is 1. The molecule has 2 aliphatic heterocycles. The third-order valence-electron chi connectivity index (χ3n) is 4.88. The molecule has 2 saturated heterocycles. The molecule has 1 amide bonds. The van der Waals surface area contributed by atoms with E-state index >= 15 is 0 Å². The van der Waals surface area contributed by atoms with Gasteiger partial charge in [0.05, 0.1) is 0 Å². The third-order valence-corrected chi connectivity index (χ3v) is 4.88. The topological polar surface area (TPSA) is 49.3 Å². The lowest BCUT2D eigenvalue weighted by Crippen LogP contribution is -2.40. The van der Waals surface area contributed by atoms with Gasteiger partial charge in [0.2, 0.25) is 0 Å². The molecule has 0 radical (unpaired) electrons. The number of rotatable bonds is 2. The summed E-state index contributed by atoms with van der Waals surface area (Å²) < 4.78 is 0. The molecule has 0 saturated carbocycles. The molecule has 0 N–H and O–H groups in total. The van der Waals surface area contributed by atoms with E-state index < -0.39 is 0 Å². The van der Waals surface area contributed by atoms with Crippen LogP contribution in [0, 0.1) is 18.8 Å². The fraction of sp³-hybridized carbons (Fsp3) is 0.722. The van der Waals surface area contributed by atoms with Crippen LogP contribution in [0.3, 0.4) is 0 Å². The lowest BCUT2D eigenvalue weighted by molar-refractivity contribution is 0.0718. The van der Waals surface area contributed by atoms with Crippen LogP contribution in [0.5, 0.6) is 0 Å². The second kappa shape index (κ2) is 6.85. The summed E-state index contributed by atoms with van der Waals surface area (Å²) in [6.07, 6.45) is 4.69. The van der Waals surface area contributed by atoms with Gasteiger partial charge in [-0.15, -0.1) is 0 Å². The Morgan fingerprint density at radius 3 is 2.39 bits per heavy atom. The number of carbonyl (C=O) groups is 1. The predicted octanol–water partition coefficient (Wildman–Crippen LogP) is 2.89. The minimum absolute atomic E-state index is 0.0644. The van der Waals surface area contributed by atoms with Crippen LogP contribution in [-0.4, -0.2) is 47.0 Å². The van der Waals surface area contributed by atoms with Crippen LogP contribution in [0.25, 0.3) is 0 Å². The first-order valence-electron chi connectivity index (χ1n) is 8.93. The van der Waals surface area contributed by atoms with Gasteiger partial charge in [0.1, 0.15) is 17.3 Å². The van der Waals surface area contributed by atoms with Crippen molar-refractivity contribution in [3.63, 3.8) is 0 Å². The monoisotopic (exact) mass is 316 g/mol. The van der Waals surface area contributed by atoms with Gasteiger partial charge in [0, 0.05) is 32.2 Å². The van der Waals surface area contributed by atoms with Crippen LogP contribution in [0.4, 0.5) is 5.82 Å². The van der Waals surface area contributed by atoms with E-state index in [1.54, 1.807) is 0 Å². The van der Waals surface area contributed by atoms with Gasteiger partial charge in [-0.3, -0.25) is 4.79 Å². The molecule has 126 valence electrons. The minimum atomic E-state index is 0.0644. The maximum absolute atomic E-state index is 12.7. The van der Waals surface area contributed by atoms with Crippen LogP contribution >= 0.6 is 0 Å². The van der Waals surface area contributed by atoms with E-state index in [0.29, 0.717) is 23.4 Å². The molecule has 23 heavy (non-hydrogen) atoms. The summed E-state index contributed by atoms with van der Waals surface area (Å²) in [4.78, 5) is 26.0. The second-order valence-electron chi connectivity index (χ2n) is 7.36. The number of piperidine rings is 2. The summed E-state index contributed by atoms with van der Waals surface area (Å²) >= 11 is 0. The van der Waals surface area contributed by atoms with Crippen molar-refractivity contribution in [1.29, 1.82) is 0 Å². The number of aryl methyl sites for hydroxylation is 1. The zero-order valence-electron chi connectivity index (χ0n) is 14.6. The maximum atomic E-state index is 12.7. The van der Waals surface area contributed by atoms with Crippen molar-refractivity contribution in [2.75, 3.05) is 31.1 Å². The summed E-state index contributed by atoms with van der Waals surface area (Å²) in [6, 6.07) is 1.90. The molecule has 2 fully saturated rings. The SMILES string of the molecule is Cc1nc(C(=O)N2CCCCC2)cc(N2C[C@H](C)C[C@@H](C)C2)n1. The average molecular weight is 316 g/mol. The van der Waals surface area contributed by atoms with Crippen molar-refractivity contribution >= 4 is 11.7 Å². The molecule has 0 bridgehead atoms. The van der Waals surface area contributed by atoms with Crippen LogP contribution in [0.1, 0.15) is 55.8 Å². The van der Waals surface area contributed by atoms with Crippen molar-refractivity contribution in [2.45, 2.75) is 46.5 Å². The molecule has 5 heteroatoms. The van der Waals surface area contributed by atoms with Gasteiger partial charge in [0.15, 0.2) is 0 Å². The standard InChI is InChI=1S/C18H28N4O/c1-13-9-14(2)12-22(11-13)17-10-16(19-15(3)20-17)18(23)21-7-5-4-6-8-21/h10,13-14H,4-9,11-12H2,1-3H3/t13-,14-/m1/s1. The number of nitrogens with zero attached hydrogens (tertiary/aromatic N) is 4. The van der Waals surface area contributed by atoms with E-state index in [4.69, 9.17) is 0 Å². The van der Waals surface area contributed by atoms with Crippen molar-refractivity contribution in [2.24, 2.45) is 11.8 Å². The van der Waals surface area contributed by atoms with E-state index in [2.05, 4.69) is 28.7 Å². The second-order valence-corrected chi connectivity index (χ2v) is 7.36. The van der Waals surface area contributed by atoms with E-state index in [0.717, 1.165) is 44.8 Å². The molecular formula is C18H28N4O. The quantitative estimate of drug-likeness (QED) is 0.842. The Kier molecular flexibility index (Phi) is 4.83. The van der Waals surface area contributed by atoms with E-state index in [1.807, 2.05) is 17.9 Å². The summed E-state index contributed by atoms with van der Waals surface area (Å²) in [7, 11) is 0. The fourth-order valence-electron chi connectivity index (χ4n) is 3.93. The van der Waals surface area contributed by atoms with Gasteiger partial charge >= 0.3 is 0 Å². The first-order valence-corrected chi connectivity index (χ1v) is 8.93. The molecule has 0 aliphatic carbocycles. The molecule has 3 rings (SSSR count). The lowest BCUT2D eigenvalue weighted by Gasteiger charge is -2.36. The maximum Gasteiger partial charge on any atom is 0.272 e. The van der Waals surface area contributed by atoms with Crippen LogP contribution in [-0.2, 0) is 0 Å². The first-order chi connectivity index (χ1) is 11.0. The third kappa shape index (κ3) is 3.82. The normalized spacial score (nSPS) is 25.5. The Balaban J connectivity index is 1.82. The Labute approximate surface area is 139 Å². The molecule has 3 heterocycles. The van der Waals surface area contributed by atoms with Crippen LogP contribution < -0.4 is 4.90 Å². The number of anilines is 1. The van der Waals surface area contributed by atoms with Gasteiger partial charge in [-0.05, 0) is 44.4 Å². The number of hydrogen-bond donors (Lipinski definition) is 0. The van der Waals surface area contributed by atoms with Crippen LogP contribution in [0.15, 0.2) is 6.07 Å². The largest absolute Gasteiger partial charge is 0.356 e. The number of amides is 1. The highest BCUT2D eigenvalue weighted by Gasteiger charge is 2.25.